The van der Waals surface area contributed by atoms with Gasteiger partial charge in [-0.15, -0.1) is 13.2 Å². The third kappa shape index (κ3) is 7.62. The first-order valence-corrected chi connectivity index (χ1v) is 18.5. The molecule has 284 valence electrons. The van der Waals surface area contributed by atoms with Crippen LogP contribution in [0.4, 0.5) is 0 Å². The maximum Gasteiger partial charge on any atom is 0.313 e. The number of ether oxygens (including phenoxy) is 3. The second-order valence-corrected chi connectivity index (χ2v) is 14.1. The van der Waals surface area contributed by atoms with Crippen molar-refractivity contribution in [1.82, 2.24) is 15.1 Å². The summed E-state index contributed by atoms with van der Waals surface area (Å²) in [4.78, 5) is 60.7. The molecule has 2 bridgehead atoms. The number of rotatable bonds is 18. The molecule has 11 nitrogen and oxygen atoms in total. The molecular formula is C43H49N3O8. The van der Waals surface area contributed by atoms with Crippen molar-refractivity contribution < 1.29 is 38.5 Å². The molecule has 0 aliphatic carbocycles. The fourth-order valence-corrected chi connectivity index (χ4v) is 8.49. The number of benzene rings is 3. The van der Waals surface area contributed by atoms with E-state index < -0.39 is 66.3 Å². The molecule has 3 saturated heterocycles. The van der Waals surface area contributed by atoms with Crippen LogP contribution in [0.3, 0.4) is 0 Å². The number of likely N-dealkylation sites (tertiary alicyclic amines) is 1. The molecule has 3 heterocycles. The van der Waals surface area contributed by atoms with E-state index in [-0.39, 0.29) is 37.9 Å². The van der Waals surface area contributed by atoms with Gasteiger partial charge in [-0.25, -0.2) is 0 Å². The fraction of sp³-hybridized carbons (Fsp3) is 0.395. The Hall–Kier alpha value is -5.10. The van der Waals surface area contributed by atoms with Crippen LogP contribution in [0.2, 0.25) is 0 Å². The number of methoxy groups -OCH3 is 1. The molecule has 1 spiro atoms. The first kappa shape index (κ1) is 38.6. The molecule has 3 amide bonds. The highest BCUT2D eigenvalue weighted by molar-refractivity contribution is 5.98. The first-order valence-electron chi connectivity index (χ1n) is 18.5. The van der Waals surface area contributed by atoms with Crippen molar-refractivity contribution in [2.45, 2.75) is 68.2 Å². The standard InChI is InChI=1S/C43H49N3O8/c1-4-6-22-35(48)44-32(28-52-3)38(31-20-14-9-15-21-31)53-42(51)36-34-23-24-43(54-34)37(36)40(49)46(33(27-47)30-18-12-8-13-19-30)39(43)41(50)45(25-5-2)26-29-16-10-7-11-17-29/h4-5,7-21,32-34,36-39,47H,1-2,6,22-28H2,3H3,(H,44,48)/t32-,33-,34-,36+,37+,38-,39-,43+/m1/s1. The van der Waals surface area contributed by atoms with Crippen LogP contribution in [0.1, 0.15) is 54.5 Å². The van der Waals surface area contributed by atoms with E-state index in [0.29, 0.717) is 30.4 Å². The minimum Gasteiger partial charge on any atom is -0.455 e. The Morgan fingerprint density at radius 1 is 1.00 bits per heavy atom. The molecule has 54 heavy (non-hydrogen) atoms. The molecule has 0 radical (unpaired) electrons. The summed E-state index contributed by atoms with van der Waals surface area (Å²) in [5.74, 6) is -3.85. The van der Waals surface area contributed by atoms with Gasteiger partial charge in [-0.1, -0.05) is 103 Å². The van der Waals surface area contributed by atoms with Gasteiger partial charge in [-0.2, -0.15) is 0 Å². The van der Waals surface area contributed by atoms with E-state index in [1.54, 1.807) is 41.3 Å². The van der Waals surface area contributed by atoms with E-state index >= 15 is 4.79 Å². The third-order valence-electron chi connectivity index (χ3n) is 10.8. The van der Waals surface area contributed by atoms with Gasteiger partial charge >= 0.3 is 5.97 Å². The van der Waals surface area contributed by atoms with Crippen molar-refractivity contribution >= 4 is 23.7 Å². The van der Waals surface area contributed by atoms with Gasteiger partial charge in [0, 0.05) is 26.6 Å². The predicted molar refractivity (Wildman–Crippen MR) is 201 cm³/mol. The average Bonchev–Trinajstić information content (AvgIpc) is 3.84. The van der Waals surface area contributed by atoms with Gasteiger partial charge in [0.15, 0.2) is 0 Å². The van der Waals surface area contributed by atoms with Gasteiger partial charge in [0.2, 0.25) is 17.7 Å². The Morgan fingerprint density at radius 3 is 2.26 bits per heavy atom. The van der Waals surface area contributed by atoms with E-state index in [9.17, 15) is 19.5 Å². The molecule has 11 heteroatoms. The maximum absolute atomic E-state index is 15.0. The fourth-order valence-electron chi connectivity index (χ4n) is 8.49. The number of esters is 1. The van der Waals surface area contributed by atoms with Gasteiger partial charge in [0.05, 0.1) is 43.2 Å². The maximum atomic E-state index is 15.0. The highest BCUT2D eigenvalue weighted by Gasteiger charge is 2.76. The van der Waals surface area contributed by atoms with E-state index in [1.807, 2.05) is 66.7 Å². The minimum absolute atomic E-state index is 0.0454. The van der Waals surface area contributed by atoms with E-state index in [2.05, 4.69) is 18.5 Å². The van der Waals surface area contributed by atoms with Crippen molar-refractivity contribution in [3.05, 3.63) is 133 Å². The monoisotopic (exact) mass is 735 g/mol. The number of carbonyl (C=O) groups is 4. The second kappa shape index (κ2) is 17.4. The van der Waals surface area contributed by atoms with Gasteiger partial charge < -0.3 is 34.4 Å². The summed E-state index contributed by atoms with van der Waals surface area (Å²) in [7, 11) is 1.50. The summed E-state index contributed by atoms with van der Waals surface area (Å²) in [6, 6.07) is 24.9. The summed E-state index contributed by atoms with van der Waals surface area (Å²) >= 11 is 0. The van der Waals surface area contributed by atoms with Gasteiger partial charge in [-0.3, -0.25) is 19.2 Å². The average molecular weight is 736 g/mol. The SMILES string of the molecule is C=CCCC(=O)N[C@H](COC)[C@H](OC(=O)[C@@H]1[C@H]2C(=O)N([C@H](CO)c3ccccc3)[C@H](C(=O)N(CC=C)Cc3ccccc3)[C@]23CC[C@H]1O3)c1ccccc1. The van der Waals surface area contributed by atoms with E-state index in [0.717, 1.165) is 5.56 Å². The molecule has 3 fully saturated rings. The zero-order chi connectivity index (χ0) is 38.2. The number of hydrogen-bond acceptors (Lipinski definition) is 8. The molecule has 0 saturated carbocycles. The van der Waals surface area contributed by atoms with Crippen LogP contribution >= 0.6 is 0 Å². The lowest BCUT2D eigenvalue weighted by molar-refractivity contribution is -0.163. The predicted octanol–water partition coefficient (Wildman–Crippen LogP) is 4.69. The Labute approximate surface area is 316 Å². The number of hydrogen-bond donors (Lipinski definition) is 2. The van der Waals surface area contributed by atoms with Gasteiger partial charge in [-0.05, 0) is 36.0 Å². The molecule has 3 aliphatic heterocycles. The van der Waals surface area contributed by atoms with Crippen LogP contribution in [0.25, 0.3) is 0 Å². The van der Waals surface area contributed by atoms with Crippen LogP contribution in [0.5, 0.6) is 0 Å². The quantitative estimate of drug-likeness (QED) is 0.142. The number of nitrogens with one attached hydrogen (secondary N) is 1. The summed E-state index contributed by atoms with van der Waals surface area (Å²) in [5, 5.41) is 13.9. The van der Waals surface area contributed by atoms with Crippen LogP contribution in [-0.4, -0.2) is 89.3 Å². The summed E-state index contributed by atoms with van der Waals surface area (Å²) in [6.45, 7) is 7.64. The molecular weight excluding hydrogens is 686 g/mol. The van der Waals surface area contributed by atoms with Crippen LogP contribution in [0, 0.1) is 11.8 Å². The smallest absolute Gasteiger partial charge is 0.313 e. The molecule has 3 aromatic rings. The number of fused-ring (bicyclic) bond motifs is 1. The molecule has 6 rings (SSSR count). The van der Waals surface area contributed by atoms with Crippen LogP contribution < -0.4 is 5.32 Å². The molecule has 0 unspecified atom stereocenters. The number of aliphatic hydroxyl groups is 1. The Kier molecular flexibility index (Phi) is 12.4. The molecule has 3 aromatic carbocycles. The summed E-state index contributed by atoms with van der Waals surface area (Å²) in [6.07, 6.45) is 3.10. The second-order valence-electron chi connectivity index (χ2n) is 14.1. The third-order valence-corrected chi connectivity index (χ3v) is 10.8. The van der Waals surface area contributed by atoms with Gasteiger partial charge in [0.25, 0.3) is 0 Å². The summed E-state index contributed by atoms with van der Waals surface area (Å²) < 4.78 is 18.6. The molecule has 2 N–H and O–H groups in total. The van der Waals surface area contributed by atoms with Gasteiger partial charge in [0.1, 0.15) is 17.7 Å². The Balaban J connectivity index is 1.38. The summed E-state index contributed by atoms with van der Waals surface area (Å²) in [5.41, 5.74) is 0.821. The number of aliphatic hydroxyl groups excluding tert-OH is 1. The van der Waals surface area contributed by atoms with Crippen molar-refractivity contribution in [2.24, 2.45) is 11.8 Å². The number of nitrogens with zero attached hydrogens (tertiary/aromatic N) is 2. The van der Waals surface area contributed by atoms with E-state index in [1.165, 1.54) is 12.0 Å². The highest BCUT2D eigenvalue weighted by atomic mass is 16.6. The topological polar surface area (TPSA) is 135 Å². The van der Waals surface area contributed by atoms with Crippen molar-refractivity contribution in [1.29, 1.82) is 0 Å². The number of carbonyl (C=O) groups excluding carboxylic acids is 4. The lowest BCUT2D eigenvalue weighted by Gasteiger charge is -2.39. The Bertz CT molecular complexity index is 1790. The first-order chi connectivity index (χ1) is 26.3. The Morgan fingerprint density at radius 2 is 1.65 bits per heavy atom. The molecule has 8 atom stereocenters. The van der Waals surface area contributed by atoms with Crippen LogP contribution in [-0.2, 0) is 39.9 Å². The lowest BCUT2D eigenvalue weighted by atomic mass is 9.70. The normalized spacial score (nSPS) is 24.3. The lowest BCUT2D eigenvalue weighted by Crippen LogP contribution is -2.57. The zero-order valence-electron chi connectivity index (χ0n) is 30.6. The molecule has 0 aromatic heterocycles. The van der Waals surface area contributed by atoms with Crippen molar-refractivity contribution in [3.8, 4) is 0 Å². The number of amides is 3. The number of allylic oxidation sites excluding steroid dienone is 1. The zero-order valence-corrected chi connectivity index (χ0v) is 30.6. The minimum atomic E-state index is -1.35. The molecule has 3 aliphatic rings. The van der Waals surface area contributed by atoms with Crippen molar-refractivity contribution in [3.63, 3.8) is 0 Å². The van der Waals surface area contributed by atoms with E-state index in [4.69, 9.17) is 14.2 Å². The highest BCUT2D eigenvalue weighted by Crippen LogP contribution is 2.60. The van der Waals surface area contributed by atoms with Crippen molar-refractivity contribution in [2.75, 3.05) is 26.9 Å². The van der Waals surface area contributed by atoms with Crippen LogP contribution in [0.15, 0.2) is 116 Å². The largest absolute Gasteiger partial charge is 0.455 e.